The van der Waals surface area contributed by atoms with Crippen molar-refractivity contribution in [3.05, 3.63) is 24.3 Å². The first-order valence-electron chi connectivity index (χ1n) is 8.99. The molecule has 1 aliphatic rings. The van der Waals surface area contributed by atoms with Gasteiger partial charge in [0.25, 0.3) is 0 Å². The Kier molecular flexibility index (Phi) is 8.12. The third-order valence-corrected chi connectivity index (χ3v) is 4.12. The topological polar surface area (TPSA) is 93.6 Å². The molecule has 0 spiro atoms. The normalized spacial score (nSPS) is 25.6. The number of hydrogen-bond donors (Lipinski definition) is 2. The molecule has 1 aromatic rings. The average molecular weight is 370 g/mol. The molecule has 0 amide bonds. The maximum atomic E-state index is 12.9. The summed E-state index contributed by atoms with van der Waals surface area (Å²) in [5, 5.41) is 10.6. The van der Waals surface area contributed by atoms with Crippen LogP contribution in [-0.2, 0) is 14.4 Å². The fourth-order valence-electron chi connectivity index (χ4n) is 3.44. The molecule has 0 saturated carbocycles. The standard InChI is InChI=1S/C18H29N3O2.CH4O2.H2/c1-12(2)9-18(16(22)23-17(4,5)6)10-13(3)15(21-18)14-11-19-7-8-20-14;1-3-2;/h7-8,11-13,15,21H,9-10H2,1-6H3;2H,1H3;1H/t13-,15+,18-;;/m0../s1. The minimum Gasteiger partial charge on any atom is -0.459 e. The number of rotatable bonds is 4. The number of carbonyl (C=O) groups excluding carboxylic acids is 1. The Hall–Kier alpha value is -1.57. The van der Waals surface area contributed by atoms with Crippen molar-refractivity contribution in [3.8, 4) is 0 Å². The van der Waals surface area contributed by atoms with Crippen LogP contribution in [-0.4, -0.2) is 39.4 Å². The predicted molar refractivity (Wildman–Crippen MR) is 101 cm³/mol. The van der Waals surface area contributed by atoms with Gasteiger partial charge >= 0.3 is 5.97 Å². The largest absolute Gasteiger partial charge is 0.459 e. The van der Waals surface area contributed by atoms with E-state index < -0.39 is 11.1 Å². The minimum absolute atomic E-state index is 0. The first-order valence-corrected chi connectivity index (χ1v) is 8.99. The molecule has 1 saturated heterocycles. The van der Waals surface area contributed by atoms with E-state index in [-0.39, 0.29) is 19.4 Å². The highest BCUT2D eigenvalue weighted by Gasteiger charge is 2.51. The SMILES string of the molecule is CC(C)C[C@@]1(C(=O)OC(C)(C)C)C[C@H](C)[C@H](c2cnccn2)N1.COO.[HH]. The molecule has 7 heteroatoms. The smallest absolute Gasteiger partial charge is 0.326 e. The van der Waals surface area contributed by atoms with Gasteiger partial charge in [-0.05, 0) is 45.4 Å². The summed E-state index contributed by atoms with van der Waals surface area (Å²) in [6.07, 6.45) is 6.64. The summed E-state index contributed by atoms with van der Waals surface area (Å²) in [7, 11) is 1.18. The van der Waals surface area contributed by atoms with Crippen LogP contribution in [0.3, 0.4) is 0 Å². The van der Waals surface area contributed by atoms with Crippen molar-refractivity contribution < 1.29 is 21.1 Å². The second-order valence-electron chi connectivity index (χ2n) is 8.30. The van der Waals surface area contributed by atoms with E-state index in [0.717, 1.165) is 18.5 Å². The maximum absolute atomic E-state index is 12.9. The third kappa shape index (κ3) is 6.30. The lowest BCUT2D eigenvalue weighted by Gasteiger charge is -2.33. The highest BCUT2D eigenvalue weighted by atomic mass is 17.1. The monoisotopic (exact) mass is 369 g/mol. The number of aromatic nitrogens is 2. The van der Waals surface area contributed by atoms with Crippen molar-refractivity contribution >= 4 is 5.97 Å². The fourth-order valence-corrected chi connectivity index (χ4v) is 3.44. The second kappa shape index (κ2) is 9.39. The molecule has 7 nitrogen and oxygen atoms in total. The number of carbonyl (C=O) groups is 1. The Morgan fingerprint density at radius 2 is 2.08 bits per heavy atom. The van der Waals surface area contributed by atoms with Crippen molar-refractivity contribution in [1.82, 2.24) is 15.3 Å². The number of esters is 1. The lowest BCUT2D eigenvalue weighted by atomic mass is 9.84. The van der Waals surface area contributed by atoms with Gasteiger partial charge in [-0.15, -0.1) is 0 Å². The Labute approximate surface area is 157 Å². The third-order valence-electron chi connectivity index (χ3n) is 4.12. The van der Waals surface area contributed by atoms with E-state index in [1.165, 1.54) is 7.11 Å². The van der Waals surface area contributed by atoms with Crippen molar-refractivity contribution in [2.45, 2.75) is 71.6 Å². The molecule has 3 atom stereocenters. The fraction of sp³-hybridized carbons (Fsp3) is 0.737. The number of nitrogens with one attached hydrogen (secondary N) is 1. The van der Waals surface area contributed by atoms with Crippen LogP contribution in [0.4, 0.5) is 0 Å². The molecular formula is C19H35N3O4. The van der Waals surface area contributed by atoms with Crippen LogP contribution in [0, 0.1) is 11.8 Å². The molecule has 0 aliphatic carbocycles. The summed E-state index contributed by atoms with van der Waals surface area (Å²) in [5.41, 5.74) is -0.256. The summed E-state index contributed by atoms with van der Waals surface area (Å²) >= 11 is 0. The zero-order valence-corrected chi connectivity index (χ0v) is 16.9. The Bertz CT molecular complexity index is 566. The summed E-state index contributed by atoms with van der Waals surface area (Å²) in [5.74, 6) is 0.526. The van der Waals surface area contributed by atoms with Gasteiger partial charge in [-0.1, -0.05) is 20.8 Å². The lowest BCUT2D eigenvalue weighted by molar-refractivity contribution is -0.214. The molecule has 1 aromatic heterocycles. The average Bonchev–Trinajstić information content (AvgIpc) is 2.84. The zero-order valence-electron chi connectivity index (χ0n) is 16.9. The van der Waals surface area contributed by atoms with Crippen molar-refractivity contribution in [3.63, 3.8) is 0 Å². The van der Waals surface area contributed by atoms with Crippen LogP contribution in [0.1, 0.15) is 67.5 Å². The highest BCUT2D eigenvalue weighted by Crippen LogP contribution is 2.41. The second-order valence-corrected chi connectivity index (χ2v) is 8.30. The molecule has 0 unspecified atom stereocenters. The van der Waals surface area contributed by atoms with Gasteiger partial charge in [-0.25, -0.2) is 4.89 Å². The Balaban J connectivity index is 0.00000158. The van der Waals surface area contributed by atoms with Crippen LogP contribution in [0.25, 0.3) is 0 Å². The van der Waals surface area contributed by atoms with Gasteiger partial charge in [0.2, 0.25) is 0 Å². The van der Waals surface area contributed by atoms with Gasteiger partial charge in [-0.2, -0.15) is 0 Å². The van der Waals surface area contributed by atoms with E-state index in [4.69, 9.17) is 9.99 Å². The molecule has 150 valence electrons. The molecule has 2 N–H and O–H groups in total. The first-order chi connectivity index (χ1) is 12.0. The number of hydrogen-bond acceptors (Lipinski definition) is 7. The van der Waals surface area contributed by atoms with E-state index in [1.54, 1.807) is 18.6 Å². The van der Waals surface area contributed by atoms with Crippen LogP contribution >= 0.6 is 0 Å². The van der Waals surface area contributed by atoms with Crippen LogP contribution in [0.15, 0.2) is 18.6 Å². The zero-order chi connectivity index (χ0) is 20.0. The van der Waals surface area contributed by atoms with Gasteiger partial charge < -0.3 is 4.74 Å². The van der Waals surface area contributed by atoms with Crippen molar-refractivity contribution in [2.75, 3.05) is 7.11 Å². The Morgan fingerprint density at radius 3 is 2.54 bits per heavy atom. The predicted octanol–water partition coefficient (Wildman–Crippen LogP) is 3.63. The quantitative estimate of drug-likeness (QED) is 0.475. The summed E-state index contributed by atoms with van der Waals surface area (Å²) in [4.78, 5) is 24.7. The molecule has 1 fully saturated rings. The van der Waals surface area contributed by atoms with Crippen molar-refractivity contribution in [2.24, 2.45) is 11.8 Å². The number of ether oxygens (including phenoxy) is 1. The van der Waals surface area contributed by atoms with E-state index in [0.29, 0.717) is 5.92 Å². The Morgan fingerprint density at radius 1 is 1.46 bits per heavy atom. The minimum atomic E-state index is -0.650. The van der Waals surface area contributed by atoms with Crippen LogP contribution < -0.4 is 5.32 Å². The molecule has 0 bridgehead atoms. The van der Waals surface area contributed by atoms with Crippen LogP contribution in [0.2, 0.25) is 0 Å². The van der Waals surface area contributed by atoms with Crippen molar-refractivity contribution in [1.29, 1.82) is 0 Å². The van der Waals surface area contributed by atoms with Gasteiger partial charge in [0.15, 0.2) is 0 Å². The molecule has 26 heavy (non-hydrogen) atoms. The van der Waals surface area contributed by atoms with Crippen LogP contribution in [0.5, 0.6) is 0 Å². The van der Waals surface area contributed by atoms with Gasteiger partial charge in [0.1, 0.15) is 11.1 Å². The molecule has 2 heterocycles. The van der Waals surface area contributed by atoms with E-state index in [2.05, 4.69) is 40.9 Å². The molecule has 1 aliphatic heterocycles. The molecule has 0 aromatic carbocycles. The summed E-state index contributed by atoms with van der Waals surface area (Å²) in [6, 6.07) is 0.0231. The molecule has 0 radical (unpaired) electrons. The van der Waals surface area contributed by atoms with Gasteiger partial charge in [-0.3, -0.25) is 25.3 Å². The lowest BCUT2D eigenvalue weighted by Crippen LogP contribution is -2.52. The first kappa shape index (κ1) is 22.5. The summed E-state index contributed by atoms with van der Waals surface area (Å²) < 4.78 is 5.72. The number of nitrogens with zero attached hydrogens (tertiary/aromatic N) is 2. The maximum Gasteiger partial charge on any atom is 0.326 e. The summed E-state index contributed by atoms with van der Waals surface area (Å²) in [6.45, 7) is 12.1. The highest BCUT2D eigenvalue weighted by molar-refractivity contribution is 5.82. The molecular weight excluding hydrogens is 334 g/mol. The van der Waals surface area contributed by atoms with Gasteiger partial charge in [0, 0.05) is 20.0 Å². The van der Waals surface area contributed by atoms with E-state index in [1.807, 2.05) is 20.8 Å². The van der Waals surface area contributed by atoms with Gasteiger partial charge in [0.05, 0.1) is 18.8 Å². The van der Waals surface area contributed by atoms with E-state index in [9.17, 15) is 4.79 Å². The molecule has 2 rings (SSSR count). The van der Waals surface area contributed by atoms with E-state index >= 15 is 0 Å².